The molecule has 2 heterocycles. The molecule has 8 nitrogen and oxygen atoms in total. The molecule has 2 aromatic heterocycles. The number of rotatable bonds is 15. The Morgan fingerprint density at radius 1 is 1.02 bits per heavy atom. The Bertz CT molecular complexity index is 1830. The first-order valence-electron chi connectivity index (χ1n) is 14.3. The van der Waals surface area contributed by atoms with Crippen molar-refractivity contribution in [1.82, 2.24) is 20.3 Å². The van der Waals surface area contributed by atoms with E-state index in [1.807, 2.05) is 49.4 Å². The number of hydrogen-bond donors (Lipinski definition) is 2. The Labute approximate surface area is 269 Å². The van der Waals surface area contributed by atoms with Gasteiger partial charge in [0.15, 0.2) is 9.84 Å². The van der Waals surface area contributed by atoms with Gasteiger partial charge in [0.1, 0.15) is 30.3 Å². The van der Waals surface area contributed by atoms with Gasteiger partial charge in [0.05, 0.1) is 26.4 Å². The van der Waals surface area contributed by atoms with Gasteiger partial charge in [0.25, 0.3) is 0 Å². The quantitative estimate of drug-likeness (QED) is 0.110. The summed E-state index contributed by atoms with van der Waals surface area (Å²) in [7, 11) is -2.95. The molecule has 0 unspecified atom stereocenters. The Kier molecular flexibility index (Phi) is 10.9. The maximum Gasteiger partial charge on any atom is 0.151 e. The molecule has 2 N–H and O–H groups in total. The number of sulfone groups is 1. The number of hydrogen-bond acceptors (Lipinski definition) is 9. The molecular weight excluding hydrogens is 665 g/mol. The molecular formula is C32H33BrFN5O3S2. The van der Waals surface area contributed by atoms with Crippen molar-refractivity contribution in [2.24, 2.45) is 0 Å². The summed E-state index contributed by atoms with van der Waals surface area (Å²) < 4.78 is 43.8. The highest BCUT2D eigenvalue weighted by molar-refractivity contribution is 9.10. The summed E-state index contributed by atoms with van der Waals surface area (Å²) in [5, 5.41) is 10.6. The number of halogens is 2. The molecule has 3 aromatic carbocycles. The van der Waals surface area contributed by atoms with E-state index in [1.165, 1.54) is 18.5 Å². The van der Waals surface area contributed by atoms with E-state index >= 15 is 0 Å². The number of nitrogens with one attached hydrogen (secondary N) is 2. The topological polar surface area (TPSA) is 106 Å². The van der Waals surface area contributed by atoms with Crippen molar-refractivity contribution < 1.29 is 17.5 Å². The van der Waals surface area contributed by atoms with Crippen molar-refractivity contribution in [3.05, 3.63) is 93.2 Å². The normalized spacial score (nSPS) is 11.6. The molecule has 12 heteroatoms. The second kappa shape index (κ2) is 15.0. The van der Waals surface area contributed by atoms with Crippen LogP contribution in [0, 0.1) is 5.82 Å². The summed E-state index contributed by atoms with van der Waals surface area (Å²) in [6.07, 6.45) is 3.88. The zero-order valence-electron chi connectivity index (χ0n) is 24.2. The van der Waals surface area contributed by atoms with Crippen LogP contribution in [-0.4, -0.2) is 48.0 Å². The maximum absolute atomic E-state index is 13.5. The van der Waals surface area contributed by atoms with Crippen LogP contribution >= 0.6 is 27.3 Å². The van der Waals surface area contributed by atoms with Crippen LogP contribution in [0.1, 0.15) is 30.3 Å². The van der Waals surface area contributed by atoms with E-state index in [0.717, 1.165) is 62.3 Å². The van der Waals surface area contributed by atoms with Crippen LogP contribution in [0.4, 0.5) is 15.9 Å². The highest BCUT2D eigenvalue weighted by Gasteiger charge is 2.12. The summed E-state index contributed by atoms with van der Waals surface area (Å²) in [6.45, 7) is 3.36. The average Bonchev–Trinajstić information content (AvgIpc) is 3.47. The lowest BCUT2D eigenvalue weighted by atomic mass is 10.1. The van der Waals surface area contributed by atoms with Crippen molar-refractivity contribution in [2.45, 2.75) is 32.8 Å². The Hall–Kier alpha value is -3.45. The predicted octanol–water partition coefficient (Wildman–Crippen LogP) is 7.32. The number of anilines is 2. The highest BCUT2D eigenvalue weighted by atomic mass is 79.9. The summed E-state index contributed by atoms with van der Waals surface area (Å²) in [4.78, 5) is 13.8. The molecule has 44 heavy (non-hydrogen) atoms. The van der Waals surface area contributed by atoms with Crippen LogP contribution in [0.25, 0.3) is 22.2 Å². The number of benzene rings is 3. The van der Waals surface area contributed by atoms with E-state index < -0.39 is 9.84 Å². The summed E-state index contributed by atoms with van der Waals surface area (Å²) >= 11 is 5.20. The largest absolute Gasteiger partial charge is 0.488 e. The van der Waals surface area contributed by atoms with Gasteiger partial charge in [-0.2, -0.15) is 0 Å². The lowest BCUT2D eigenvalue weighted by Gasteiger charge is -2.12. The first kappa shape index (κ1) is 32.0. The van der Waals surface area contributed by atoms with Crippen molar-refractivity contribution >= 4 is 59.5 Å². The number of nitrogens with zero attached hydrogens (tertiary/aromatic N) is 3. The molecule has 0 bridgehead atoms. The number of fused-ring (bicyclic) bond motifs is 1. The standard InChI is InChI=1S/C32H33BrFN5O3S2/c1-2-14-44(40,41)15-13-35-12-4-7-31-39-29(20-43-31)23-8-10-28-26(17-23)32(37-21-36-28)38-25-9-11-30(27(33)18-25)42-19-22-5-3-6-24(34)16-22/h3,5-6,8-11,16-18,20-21,35H,2,4,7,12-15,19H2,1H3,(H,36,37,38). The molecule has 0 atom stereocenters. The van der Waals surface area contributed by atoms with E-state index in [9.17, 15) is 12.8 Å². The fourth-order valence-corrected chi connectivity index (χ4v) is 7.25. The molecule has 230 valence electrons. The molecule has 0 saturated heterocycles. The predicted molar refractivity (Wildman–Crippen MR) is 179 cm³/mol. The van der Waals surface area contributed by atoms with Gasteiger partial charge >= 0.3 is 0 Å². The SMILES string of the molecule is CCCS(=O)(=O)CCNCCCc1nc(-c2ccc3ncnc(Nc4ccc(OCc5cccc(F)c5)c(Br)c4)c3c2)cs1. The fraction of sp³-hybridized carbons (Fsp3) is 0.281. The molecule has 5 aromatic rings. The third-order valence-corrected chi connectivity index (χ3v) is 10.2. The Morgan fingerprint density at radius 2 is 1.91 bits per heavy atom. The minimum absolute atomic E-state index is 0.180. The number of aryl methyl sites for hydroxylation is 1. The molecule has 5 rings (SSSR count). The van der Waals surface area contributed by atoms with Gasteiger partial charge in [-0.3, -0.25) is 0 Å². The molecule has 0 amide bonds. The fourth-order valence-electron chi connectivity index (χ4n) is 4.62. The summed E-state index contributed by atoms with van der Waals surface area (Å²) in [6, 6.07) is 18.0. The Balaban J connectivity index is 1.20. The van der Waals surface area contributed by atoms with Gasteiger partial charge in [-0.05, 0) is 83.3 Å². The van der Waals surface area contributed by atoms with Gasteiger partial charge in [0.2, 0.25) is 0 Å². The van der Waals surface area contributed by atoms with E-state index in [0.29, 0.717) is 24.5 Å². The van der Waals surface area contributed by atoms with Crippen molar-refractivity contribution in [3.63, 3.8) is 0 Å². The van der Waals surface area contributed by atoms with Crippen LogP contribution in [0.15, 0.2) is 76.8 Å². The third kappa shape index (κ3) is 8.81. The average molecular weight is 699 g/mol. The first-order valence-corrected chi connectivity index (χ1v) is 17.8. The molecule has 0 aliphatic rings. The molecule has 0 fully saturated rings. The maximum atomic E-state index is 13.5. The summed E-state index contributed by atoms with van der Waals surface area (Å²) in [5.74, 6) is 1.44. The molecule has 0 aliphatic heterocycles. The smallest absolute Gasteiger partial charge is 0.151 e. The zero-order valence-corrected chi connectivity index (χ0v) is 27.4. The highest BCUT2D eigenvalue weighted by Crippen LogP contribution is 2.33. The van der Waals surface area contributed by atoms with E-state index in [4.69, 9.17) is 9.72 Å². The lowest BCUT2D eigenvalue weighted by molar-refractivity contribution is 0.303. The second-order valence-corrected chi connectivity index (χ2v) is 14.4. The van der Waals surface area contributed by atoms with Gasteiger partial charge in [-0.15, -0.1) is 11.3 Å². The first-order chi connectivity index (χ1) is 21.3. The second-order valence-electron chi connectivity index (χ2n) is 10.3. The van der Waals surface area contributed by atoms with Gasteiger partial charge in [-0.25, -0.2) is 27.8 Å². The van der Waals surface area contributed by atoms with Gasteiger partial charge in [0, 0.05) is 40.7 Å². The molecule has 0 aliphatic carbocycles. The lowest BCUT2D eigenvalue weighted by Crippen LogP contribution is -2.25. The molecule has 0 radical (unpaired) electrons. The minimum atomic E-state index is -2.95. The van der Waals surface area contributed by atoms with E-state index in [1.54, 1.807) is 17.4 Å². The zero-order chi connectivity index (χ0) is 30.9. The van der Waals surface area contributed by atoms with Crippen molar-refractivity contribution in [2.75, 3.05) is 29.9 Å². The van der Waals surface area contributed by atoms with Crippen LogP contribution in [-0.2, 0) is 22.9 Å². The Morgan fingerprint density at radius 3 is 2.73 bits per heavy atom. The van der Waals surface area contributed by atoms with Gasteiger partial charge in [-0.1, -0.05) is 25.1 Å². The van der Waals surface area contributed by atoms with E-state index in [-0.39, 0.29) is 23.9 Å². The van der Waals surface area contributed by atoms with E-state index in [2.05, 4.69) is 41.9 Å². The van der Waals surface area contributed by atoms with Crippen LogP contribution < -0.4 is 15.4 Å². The van der Waals surface area contributed by atoms with Crippen molar-refractivity contribution in [1.29, 1.82) is 0 Å². The minimum Gasteiger partial charge on any atom is -0.488 e. The number of thiazole rings is 1. The van der Waals surface area contributed by atoms with Crippen LogP contribution in [0.3, 0.4) is 0 Å². The number of aromatic nitrogens is 3. The molecule has 0 spiro atoms. The summed E-state index contributed by atoms with van der Waals surface area (Å²) in [5.41, 5.74) is 4.23. The third-order valence-electron chi connectivity index (χ3n) is 6.81. The van der Waals surface area contributed by atoms with Crippen LogP contribution in [0.2, 0.25) is 0 Å². The number of ether oxygens (including phenoxy) is 1. The van der Waals surface area contributed by atoms with Crippen molar-refractivity contribution in [3.8, 4) is 17.0 Å². The molecule has 0 saturated carbocycles. The monoisotopic (exact) mass is 697 g/mol. The van der Waals surface area contributed by atoms with Crippen LogP contribution in [0.5, 0.6) is 5.75 Å². The van der Waals surface area contributed by atoms with Gasteiger partial charge < -0.3 is 15.4 Å².